The van der Waals surface area contributed by atoms with Gasteiger partial charge >= 0.3 is 5.97 Å². The molecule has 0 fully saturated rings. The van der Waals surface area contributed by atoms with Gasteiger partial charge in [-0.2, -0.15) is 0 Å². The lowest BCUT2D eigenvalue weighted by Gasteiger charge is -2.20. The highest BCUT2D eigenvalue weighted by atomic mass is 32.2. The molecule has 0 saturated carbocycles. The van der Waals surface area contributed by atoms with Crippen molar-refractivity contribution in [1.29, 1.82) is 0 Å². The van der Waals surface area contributed by atoms with Crippen molar-refractivity contribution in [3.05, 3.63) is 78.6 Å². The SMILES string of the molecule is Cn1c(-c2ccc(S(=O)(=O)NC(C)(C)C)cc2)cc(-c2ccc(C(=O)O)cc2)c1-c1ccco1. The van der Waals surface area contributed by atoms with Crippen LogP contribution in [0.4, 0.5) is 0 Å². The summed E-state index contributed by atoms with van der Waals surface area (Å²) >= 11 is 0. The van der Waals surface area contributed by atoms with E-state index in [-0.39, 0.29) is 10.5 Å². The van der Waals surface area contributed by atoms with Crippen molar-refractivity contribution >= 4 is 16.0 Å². The van der Waals surface area contributed by atoms with Crippen LogP contribution in [-0.2, 0) is 17.1 Å². The predicted molar refractivity (Wildman–Crippen MR) is 131 cm³/mol. The maximum absolute atomic E-state index is 12.7. The van der Waals surface area contributed by atoms with Crippen LogP contribution in [0.15, 0.2) is 82.3 Å². The molecule has 0 radical (unpaired) electrons. The van der Waals surface area contributed by atoms with Crippen molar-refractivity contribution < 1.29 is 22.7 Å². The van der Waals surface area contributed by atoms with E-state index in [1.807, 2.05) is 23.7 Å². The van der Waals surface area contributed by atoms with Gasteiger partial charge in [-0.15, -0.1) is 0 Å². The van der Waals surface area contributed by atoms with Crippen LogP contribution >= 0.6 is 0 Å². The lowest BCUT2D eigenvalue weighted by molar-refractivity contribution is 0.0697. The van der Waals surface area contributed by atoms with Crippen LogP contribution in [0, 0.1) is 0 Å². The number of hydrogen-bond acceptors (Lipinski definition) is 4. The zero-order valence-electron chi connectivity index (χ0n) is 19.4. The van der Waals surface area contributed by atoms with Crippen LogP contribution in [0.3, 0.4) is 0 Å². The number of carboxylic acids is 1. The fourth-order valence-corrected chi connectivity index (χ4v) is 5.29. The molecule has 0 aliphatic heterocycles. The summed E-state index contributed by atoms with van der Waals surface area (Å²) in [6, 6.07) is 19.1. The Morgan fingerprint density at radius 2 is 1.59 bits per heavy atom. The summed E-state index contributed by atoms with van der Waals surface area (Å²) in [5, 5.41) is 9.22. The van der Waals surface area contributed by atoms with Gasteiger partial charge in [-0.3, -0.25) is 0 Å². The Balaban J connectivity index is 1.79. The maximum atomic E-state index is 12.7. The molecule has 0 saturated heterocycles. The van der Waals surface area contributed by atoms with Crippen molar-refractivity contribution in [2.24, 2.45) is 7.05 Å². The number of aromatic nitrogens is 1. The fraction of sp³-hybridized carbons (Fsp3) is 0.192. The van der Waals surface area contributed by atoms with Gasteiger partial charge in [-0.1, -0.05) is 24.3 Å². The van der Waals surface area contributed by atoms with Gasteiger partial charge in [0.25, 0.3) is 0 Å². The molecule has 2 aromatic heterocycles. The summed E-state index contributed by atoms with van der Waals surface area (Å²) < 4.78 is 35.7. The topological polar surface area (TPSA) is 102 Å². The van der Waals surface area contributed by atoms with Crippen molar-refractivity contribution in [3.8, 4) is 33.8 Å². The molecule has 2 N–H and O–H groups in total. The molecular weight excluding hydrogens is 452 g/mol. The van der Waals surface area contributed by atoms with Crippen LogP contribution in [0.2, 0.25) is 0 Å². The van der Waals surface area contributed by atoms with E-state index in [1.165, 1.54) is 0 Å². The Bertz CT molecular complexity index is 1420. The molecule has 0 spiro atoms. The second kappa shape index (κ2) is 8.62. The molecule has 176 valence electrons. The van der Waals surface area contributed by atoms with Crippen LogP contribution in [0.25, 0.3) is 33.8 Å². The quantitative estimate of drug-likeness (QED) is 0.387. The van der Waals surface area contributed by atoms with Crippen molar-refractivity contribution in [2.45, 2.75) is 31.2 Å². The third-order valence-corrected chi connectivity index (χ3v) is 7.11. The molecule has 4 aromatic rings. The average Bonchev–Trinajstić information content (AvgIpc) is 3.40. The number of carboxylic acid groups (broad SMARTS) is 1. The van der Waals surface area contributed by atoms with Gasteiger partial charge in [-0.05, 0) is 74.4 Å². The number of hydrogen-bond donors (Lipinski definition) is 2. The normalized spacial score (nSPS) is 12.1. The summed E-state index contributed by atoms with van der Waals surface area (Å²) in [4.78, 5) is 11.4. The molecule has 0 bridgehead atoms. The number of aromatic carboxylic acids is 1. The van der Waals surface area contributed by atoms with Gasteiger partial charge in [0.15, 0.2) is 5.76 Å². The van der Waals surface area contributed by atoms with E-state index in [4.69, 9.17) is 4.42 Å². The van der Waals surface area contributed by atoms with Gasteiger partial charge < -0.3 is 14.1 Å². The Hall–Kier alpha value is -3.62. The molecule has 2 heterocycles. The Kier molecular flexibility index (Phi) is 5.97. The first-order valence-corrected chi connectivity index (χ1v) is 12.2. The average molecular weight is 479 g/mol. The van der Waals surface area contributed by atoms with Gasteiger partial charge in [-0.25, -0.2) is 17.9 Å². The third-order valence-electron chi connectivity index (χ3n) is 5.33. The van der Waals surface area contributed by atoms with Crippen molar-refractivity contribution in [1.82, 2.24) is 9.29 Å². The lowest BCUT2D eigenvalue weighted by Crippen LogP contribution is -2.40. The molecular formula is C26H26N2O5S. The molecule has 2 aromatic carbocycles. The van der Waals surface area contributed by atoms with E-state index in [0.717, 1.165) is 28.1 Å². The Morgan fingerprint density at radius 3 is 2.12 bits per heavy atom. The molecule has 0 unspecified atom stereocenters. The van der Waals surface area contributed by atoms with Gasteiger partial charge in [0.05, 0.1) is 22.4 Å². The van der Waals surface area contributed by atoms with E-state index in [1.54, 1.807) is 81.6 Å². The summed E-state index contributed by atoms with van der Waals surface area (Å²) in [6.07, 6.45) is 1.60. The summed E-state index contributed by atoms with van der Waals surface area (Å²) in [5.74, 6) is -0.317. The van der Waals surface area contributed by atoms with Crippen LogP contribution < -0.4 is 4.72 Å². The number of nitrogens with zero attached hydrogens (tertiary/aromatic N) is 1. The van der Waals surface area contributed by atoms with E-state index in [2.05, 4.69) is 4.72 Å². The number of carbonyl (C=O) groups is 1. The highest BCUT2D eigenvalue weighted by molar-refractivity contribution is 7.89. The number of rotatable bonds is 6. The zero-order chi connectivity index (χ0) is 24.7. The maximum Gasteiger partial charge on any atom is 0.335 e. The van der Waals surface area contributed by atoms with Gasteiger partial charge in [0, 0.05) is 23.8 Å². The van der Waals surface area contributed by atoms with Gasteiger partial charge in [0.2, 0.25) is 10.0 Å². The van der Waals surface area contributed by atoms with E-state index >= 15 is 0 Å². The first-order valence-electron chi connectivity index (χ1n) is 10.7. The van der Waals surface area contributed by atoms with Crippen LogP contribution in [0.5, 0.6) is 0 Å². The summed E-state index contributed by atoms with van der Waals surface area (Å²) in [6.45, 7) is 5.39. The number of furan rings is 1. The Morgan fingerprint density at radius 1 is 0.971 bits per heavy atom. The number of benzene rings is 2. The second-order valence-electron chi connectivity index (χ2n) is 9.09. The van der Waals surface area contributed by atoms with Crippen molar-refractivity contribution in [2.75, 3.05) is 0 Å². The van der Waals surface area contributed by atoms with E-state index in [9.17, 15) is 18.3 Å². The molecule has 8 heteroatoms. The van der Waals surface area contributed by atoms with Crippen LogP contribution in [0.1, 0.15) is 31.1 Å². The molecule has 7 nitrogen and oxygen atoms in total. The monoisotopic (exact) mass is 478 g/mol. The molecule has 0 aliphatic carbocycles. The van der Waals surface area contributed by atoms with E-state index < -0.39 is 21.5 Å². The highest BCUT2D eigenvalue weighted by Crippen LogP contribution is 2.38. The summed E-state index contributed by atoms with van der Waals surface area (Å²) in [5.41, 5.74) is 3.85. The second-order valence-corrected chi connectivity index (χ2v) is 10.8. The molecule has 0 atom stereocenters. The van der Waals surface area contributed by atoms with E-state index in [0.29, 0.717) is 5.76 Å². The first-order chi connectivity index (χ1) is 16.0. The number of sulfonamides is 1. The highest BCUT2D eigenvalue weighted by Gasteiger charge is 2.23. The minimum absolute atomic E-state index is 0.191. The van der Waals surface area contributed by atoms with Crippen molar-refractivity contribution in [3.63, 3.8) is 0 Å². The van der Waals surface area contributed by atoms with Crippen LogP contribution in [-0.4, -0.2) is 29.6 Å². The summed E-state index contributed by atoms with van der Waals surface area (Å²) in [7, 11) is -1.73. The largest absolute Gasteiger partial charge is 0.478 e. The molecule has 0 amide bonds. The van der Waals surface area contributed by atoms with Gasteiger partial charge in [0.1, 0.15) is 0 Å². The minimum atomic E-state index is -3.64. The smallest absolute Gasteiger partial charge is 0.335 e. The number of nitrogens with one attached hydrogen (secondary N) is 1. The fourth-order valence-electron chi connectivity index (χ4n) is 3.87. The standard InChI is InChI=1S/C26H26N2O5S/c1-26(2,3)27-34(31,32)20-13-11-18(12-14-20)22-16-21(17-7-9-19(10-8-17)25(29)30)24(28(22)4)23-6-5-15-33-23/h5-16,27H,1-4H3,(H,29,30). The third kappa shape index (κ3) is 4.69. The molecule has 4 rings (SSSR count). The zero-order valence-corrected chi connectivity index (χ0v) is 20.2. The minimum Gasteiger partial charge on any atom is -0.478 e. The predicted octanol–water partition coefficient (Wildman–Crippen LogP) is 5.39. The lowest BCUT2D eigenvalue weighted by atomic mass is 10.0. The first kappa shape index (κ1) is 23.5. The molecule has 0 aliphatic rings. The Labute approximate surface area is 198 Å². The molecule has 34 heavy (non-hydrogen) atoms.